The second-order valence-corrected chi connectivity index (χ2v) is 4.61. The van der Waals surface area contributed by atoms with Crippen molar-refractivity contribution < 1.29 is 9.90 Å². The first-order chi connectivity index (χ1) is 7.49. The van der Waals surface area contributed by atoms with E-state index in [-0.39, 0.29) is 11.7 Å². The van der Waals surface area contributed by atoms with E-state index in [9.17, 15) is 9.90 Å². The zero-order chi connectivity index (χ0) is 12.3. The fraction of sp³-hybridized carbons (Fsp3) is 0.500. The highest BCUT2D eigenvalue weighted by Crippen LogP contribution is 2.48. The third kappa shape index (κ3) is 2.17. The molecule has 0 spiro atoms. The average Bonchev–Trinajstić information content (AvgIpc) is 2.93. The van der Waals surface area contributed by atoms with E-state index in [4.69, 9.17) is 0 Å². The monoisotopic (exact) mass is 220 g/mol. The Balaban J connectivity index is 2.98. The lowest BCUT2D eigenvalue weighted by Gasteiger charge is -2.34. The van der Waals surface area contributed by atoms with Crippen molar-refractivity contribution in [2.75, 3.05) is 0 Å². The quantitative estimate of drug-likeness (QED) is 0.670. The van der Waals surface area contributed by atoms with E-state index < -0.39 is 11.5 Å². The Hall–Kier alpha value is -1.15. The van der Waals surface area contributed by atoms with E-state index in [1.807, 2.05) is 0 Å². The maximum Gasteiger partial charge on any atom is 0.139 e. The minimum atomic E-state index is -0.756. The molecule has 0 aromatic rings. The molecule has 0 aliphatic heterocycles. The first-order valence-corrected chi connectivity index (χ1v) is 5.58. The normalized spacial score (nSPS) is 21.4. The Morgan fingerprint density at radius 2 is 2.00 bits per heavy atom. The van der Waals surface area contributed by atoms with Gasteiger partial charge in [0.05, 0.1) is 11.5 Å². The summed E-state index contributed by atoms with van der Waals surface area (Å²) in [5, 5.41) is 10.3. The summed E-state index contributed by atoms with van der Waals surface area (Å²) in [6.45, 7) is 12.7. The molecular weight excluding hydrogens is 200 g/mol. The summed E-state index contributed by atoms with van der Waals surface area (Å²) in [5.41, 5.74) is 0.277. The number of aliphatic hydroxyl groups is 1. The molecule has 0 amide bonds. The van der Waals surface area contributed by atoms with Crippen LogP contribution in [-0.4, -0.2) is 17.0 Å². The van der Waals surface area contributed by atoms with Gasteiger partial charge in [0.1, 0.15) is 5.78 Å². The van der Waals surface area contributed by atoms with Gasteiger partial charge in [-0.3, -0.25) is 4.79 Å². The number of aliphatic hydroxyl groups excluding tert-OH is 1. The third-order valence-corrected chi connectivity index (χ3v) is 3.51. The van der Waals surface area contributed by atoms with E-state index in [1.165, 1.54) is 6.92 Å². The topological polar surface area (TPSA) is 37.3 Å². The minimum absolute atomic E-state index is 0.000463. The summed E-state index contributed by atoms with van der Waals surface area (Å²) in [7, 11) is 0. The lowest BCUT2D eigenvalue weighted by Crippen LogP contribution is -2.42. The van der Waals surface area contributed by atoms with Gasteiger partial charge in [-0.25, -0.2) is 0 Å². The lowest BCUT2D eigenvalue weighted by molar-refractivity contribution is -0.134. The predicted octanol–water partition coefficient (Wildman–Crippen LogP) is 2.65. The van der Waals surface area contributed by atoms with Crippen molar-refractivity contribution >= 4 is 5.78 Å². The molecule has 1 N–H and O–H groups in total. The molecule has 1 aliphatic rings. The van der Waals surface area contributed by atoms with Crippen molar-refractivity contribution in [3.63, 3.8) is 0 Å². The van der Waals surface area contributed by atoms with E-state index in [1.54, 1.807) is 12.2 Å². The molecule has 88 valence electrons. The zero-order valence-corrected chi connectivity index (χ0v) is 9.91. The standard InChI is InChI=1S/C14H20O2/c1-5-7-14(8-6-2,11(4)15)13(16)12-9-10(12)3/h5-6,12-13,16H,1-3,7-9H2,4H3. The molecule has 0 saturated heterocycles. The number of carbonyl (C=O) groups is 1. The van der Waals surface area contributed by atoms with Gasteiger partial charge >= 0.3 is 0 Å². The first-order valence-electron chi connectivity index (χ1n) is 5.58. The fourth-order valence-corrected chi connectivity index (χ4v) is 2.28. The van der Waals surface area contributed by atoms with Gasteiger partial charge in [0.25, 0.3) is 0 Å². The highest BCUT2D eigenvalue weighted by molar-refractivity contribution is 5.83. The minimum Gasteiger partial charge on any atom is -0.391 e. The van der Waals surface area contributed by atoms with Crippen molar-refractivity contribution in [1.29, 1.82) is 0 Å². The van der Waals surface area contributed by atoms with Gasteiger partial charge in [-0.15, -0.1) is 13.2 Å². The van der Waals surface area contributed by atoms with Crippen LogP contribution in [0.15, 0.2) is 37.5 Å². The summed E-state index contributed by atoms with van der Waals surface area (Å²) >= 11 is 0. The molecule has 1 aliphatic carbocycles. The maximum atomic E-state index is 11.8. The molecular formula is C14H20O2. The van der Waals surface area contributed by atoms with Crippen LogP contribution in [0.4, 0.5) is 0 Å². The second-order valence-electron chi connectivity index (χ2n) is 4.61. The van der Waals surface area contributed by atoms with Crippen molar-refractivity contribution in [3.05, 3.63) is 37.5 Å². The number of hydrogen-bond acceptors (Lipinski definition) is 2. The van der Waals surface area contributed by atoms with Gasteiger partial charge in [0.2, 0.25) is 0 Å². The Morgan fingerprint density at radius 1 is 1.56 bits per heavy atom. The van der Waals surface area contributed by atoms with Crippen LogP contribution in [0.1, 0.15) is 26.2 Å². The molecule has 0 heterocycles. The highest BCUT2D eigenvalue weighted by atomic mass is 16.3. The van der Waals surface area contributed by atoms with E-state index in [0.29, 0.717) is 12.8 Å². The Bertz CT molecular complexity index is 318. The van der Waals surface area contributed by atoms with Gasteiger partial charge < -0.3 is 5.11 Å². The number of Topliss-reactive ketones (excluding diaryl/α,β-unsaturated/α-hetero) is 1. The summed E-state index contributed by atoms with van der Waals surface area (Å²) in [5.74, 6) is 0.0725. The van der Waals surface area contributed by atoms with Crippen molar-refractivity contribution in [2.45, 2.75) is 32.3 Å². The summed E-state index contributed by atoms with van der Waals surface area (Å²) < 4.78 is 0. The van der Waals surface area contributed by atoms with Crippen LogP contribution >= 0.6 is 0 Å². The van der Waals surface area contributed by atoms with Crippen LogP contribution in [0.3, 0.4) is 0 Å². The van der Waals surface area contributed by atoms with Crippen molar-refractivity contribution in [3.8, 4) is 0 Å². The van der Waals surface area contributed by atoms with Crippen molar-refractivity contribution in [2.24, 2.45) is 11.3 Å². The summed E-state index contributed by atoms with van der Waals surface area (Å²) in [6, 6.07) is 0. The molecule has 2 atom stereocenters. The van der Waals surface area contributed by atoms with Gasteiger partial charge in [-0.05, 0) is 26.2 Å². The van der Waals surface area contributed by atoms with Gasteiger partial charge in [0, 0.05) is 5.92 Å². The number of ketones is 1. The van der Waals surface area contributed by atoms with Gasteiger partial charge in [-0.2, -0.15) is 0 Å². The van der Waals surface area contributed by atoms with Crippen LogP contribution < -0.4 is 0 Å². The molecule has 0 aromatic heterocycles. The van der Waals surface area contributed by atoms with Crippen LogP contribution in [-0.2, 0) is 4.79 Å². The highest BCUT2D eigenvalue weighted by Gasteiger charge is 2.49. The van der Waals surface area contributed by atoms with Gasteiger partial charge in [-0.1, -0.05) is 24.3 Å². The van der Waals surface area contributed by atoms with Crippen molar-refractivity contribution in [1.82, 2.24) is 0 Å². The Morgan fingerprint density at radius 3 is 2.25 bits per heavy atom. The van der Waals surface area contributed by atoms with Crippen LogP contribution in [0.5, 0.6) is 0 Å². The van der Waals surface area contributed by atoms with E-state index >= 15 is 0 Å². The van der Waals surface area contributed by atoms with E-state index in [2.05, 4.69) is 19.7 Å². The fourth-order valence-electron chi connectivity index (χ4n) is 2.28. The van der Waals surface area contributed by atoms with Crippen LogP contribution in [0.2, 0.25) is 0 Å². The Labute approximate surface area is 97.4 Å². The number of hydrogen-bond donors (Lipinski definition) is 1. The molecule has 2 heteroatoms. The largest absolute Gasteiger partial charge is 0.391 e. The van der Waals surface area contributed by atoms with Crippen LogP contribution in [0.25, 0.3) is 0 Å². The number of carbonyl (C=O) groups excluding carboxylic acids is 1. The molecule has 0 aromatic carbocycles. The predicted molar refractivity (Wildman–Crippen MR) is 66.0 cm³/mol. The smallest absolute Gasteiger partial charge is 0.139 e. The Kier molecular flexibility index (Phi) is 3.87. The first kappa shape index (κ1) is 12.9. The SMILES string of the molecule is C=CCC(CC=C)(C(C)=O)C(O)C1CC1=C. The molecule has 0 radical (unpaired) electrons. The summed E-state index contributed by atoms with van der Waals surface area (Å²) in [6.07, 6.45) is 4.52. The second kappa shape index (κ2) is 4.79. The molecule has 1 rings (SSSR count). The molecule has 16 heavy (non-hydrogen) atoms. The summed E-state index contributed by atoms with van der Waals surface area (Å²) in [4.78, 5) is 11.8. The van der Waals surface area contributed by atoms with Crippen LogP contribution in [0, 0.1) is 11.3 Å². The average molecular weight is 220 g/mol. The molecule has 0 bridgehead atoms. The molecule has 1 saturated carbocycles. The number of allylic oxidation sites excluding steroid dienone is 2. The number of rotatable bonds is 7. The third-order valence-electron chi connectivity index (χ3n) is 3.51. The maximum absolute atomic E-state index is 11.8. The molecule has 2 unspecified atom stereocenters. The van der Waals surface area contributed by atoms with E-state index in [0.717, 1.165) is 12.0 Å². The molecule has 2 nitrogen and oxygen atoms in total. The van der Waals surface area contributed by atoms with Gasteiger partial charge in [0.15, 0.2) is 0 Å². The lowest BCUT2D eigenvalue weighted by atomic mass is 9.71. The zero-order valence-electron chi connectivity index (χ0n) is 9.91. The molecule has 1 fully saturated rings.